The van der Waals surface area contributed by atoms with E-state index in [4.69, 9.17) is 5.11 Å². The zero-order valence-corrected chi connectivity index (χ0v) is 14.5. The molecule has 5 nitrogen and oxygen atoms in total. The van der Waals surface area contributed by atoms with Gasteiger partial charge in [0.25, 0.3) is 0 Å². The zero-order valence-electron chi connectivity index (χ0n) is 14.5. The number of nitrogens with one attached hydrogen (secondary N) is 1. The maximum Gasteiger partial charge on any atom is 0.335 e. The van der Waals surface area contributed by atoms with Crippen LogP contribution in [0, 0.1) is 11.3 Å². The van der Waals surface area contributed by atoms with Crippen LogP contribution in [0.5, 0.6) is 0 Å². The zero-order chi connectivity index (χ0) is 18.1. The third-order valence-corrected chi connectivity index (χ3v) is 4.04. The molecule has 1 heterocycles. The first-order chi connectivity index (χ1) is 12.2. The van der Waals surface area contributed by atoms with E-state index in [9.17, 15) is 10.1 Å². The van der Waals surface area contributed by atoms with Crippen molar-refractivity contribution < 1.29 is 9.90 Å². The highest BCUT2D eigenvalue weighted by Gasteiger charge is 2.09. The van der Waals surface area contributed by atoms with Gasteiger partial charge in [0.15, 0.2) is 0 Å². The maximum atomic E-state index is 11.1. The highest BCUT2D eigenvalue weighted by molar-refractivity contribution is 5.89. The number of hydrogen-bond donors (Lipinski definition) is 2. The van der Waals surface area contributed by atoms with Crippen LogP contribution in [-0.2, 0) is 0 Å². The van der Waals surface area contributed by atoms with Crippen LogP contribution < -0.4 is 5.32 Å². The molecule has 0 radical (unpaired) electrons. The SMILES string of the molecule is CCCCCCCNc1ccc(-c2cc(C(=O)O)ccn2)cc1C#N. The van der Waals surface area contributed by atoms with Crippen molar-refractivity contribution in [1.82, 2.24) is 4.98 Å². The van der Waals surface area contributed by atoms with Crippen molar-refractivity contribution in [3.8, 4) is 17.3 Å². The normalized spacial score (nSPS) is 10.2. The minimum Gasteiger partial charge on any atom is -0.478 e. The Morgan fingerprint density at radius 1 is 1.20 bits per heavy atom. The summed E-state index contributed by atoms with van der Waals surface area (Å²) >= 11 is 0. The average molecular weight is 337 g/mol. The number of hydrogen-bond acceptors (Lipinski definition) is 4. The molecular formula is C20H23N3O2. The molecule has 2 N–H and O–H groups in total. The molecule has 0 fully saturated rings. The molecule has 2 rings (SSSR count). The smallest absolute Gasteiger partial charge is 0.335 e. The Balaban J connectivity index is 2.07. The maximum absolute atomic E-state index is 11.1. The van der Waals surface area contributed by atoms with E-state index in [-0.39, 0.29) is 5.56 Å². The van der Waals surface area contributed by atoms with E-state index in [0.717, 1.165) is 24.2 Å². The first kappa shape index (κ1) is 18.5. The molecule has 130 valence electrons. The second-order valence-electron chi connectivity index (χ2n) is 5.95. The number of carboxylic acid groups (broad SMARTS) is 1. The van der Waals surface area contributed by atoms with Gasteiger partial charge in [0, 0.05) is 18.3 Å². The first-order valence-electron chi connectivity index (χ1n) is 8.63. The van der Waals surface area contributed by atoms with Crippen LogP contribution in [0.25, 0.3) is 11.3 Å². The fraction of sp³-hybridized carbons (Fsp3) is 0.350. The molecule has 0 spiro atoms. The molecule has 0 saturated heterocycles. The number of rotatable bonds is 9. The van der Waals surface area contributed by atoms with Gasteiger partial charge in [-0.1, -0.05) is 38.7 Å². The van der Waals surface area contributed by atoms with Gasteiger partial charge in [0.1, 0.15) is 6.07 Å². The minimum absolute atomic E-state index is 0.179. The van der Waals surface area contributed by atoms with Crippen LogP contribution >= 0.6 is 0 Å². The van der Waals surface area contributed by atoms with E-state index in [1.54, 1.807) is 6.07 Å². The highest BCUT2D eigenvalue weighted by Crippen LogP contribution is 2.24. The lowest BCUT2D eigenvalue weighted by molar-refractivity contribution is 0.0697. The van der Waals surface area contributed by atoms with E-state index in [1.165, 1.54) is 44.0 Å². The second-order valence-corrected chi connectivity index (χ2v) is 5.95. The summed E-state index contributed by atoms with van der Waals surface area (Å²) in [5.41, 5.74) is 2.79. The molecule has 1 aromatic heterocycles. The van der Waals surface area contributed by atoms with Gasteiger partial charge in [-0.2, -0.15) is 5.26 Å². The monoisotopic (exact) mass is 337 g/mol. The van der Waals surface area contributed by atoms with E-state index in [1.807, 2.05) is 12.1 Å². The van der Waals surface area contributed by atoms with Crippen molar-refractivity contribution in [2.75, 3.05) is 11.9 Å². The van der Waals surface area contributed by atoms with Crippen molar-refractivity contribution in [3.05, 3.63) is 47.7 Å². The van der Waals surface area contributed by atoms with Crippen molar-refractivity contribution in [1.29, 1.82) is 5.26 Å². The van der Waals surface area contributed by atoms with Crippen molar-refractivity contribution in [2.45, 2.75) is 39.0 Å². The third-order valence-electron chi connectivity index (χ3n) is 4.04. The van der Waals surface area contributed by atoms with Gasteiger partial charge in [-0.3, -0.25) is 4.98 Å². The number of aromatic nitrogens is 1. The summed E-state index contributed by atoms with van der Waals surface area (Å²) in [5.74, 6) is -0.995. The quantitative estimate of drug-likeness (QED) is 0.648. The third kappa shape index (κ3) is 5.32. The van der Waals surface area contributed by atoms with E-state index >= 15 is 0 Å². The highest BCUT2D eigenvalue weighted by atomic mass is 16.4. The minimum atomic E-state index is -0.995. The molecule has 0 unspecified atom stereocenters. The predicted molar refractivity (Wildman–Crippen MR) is 98.6 cm³/mol. The largest absolute Gasteiger partial charge is 0.478 e. The van der Waals surface area contributed by atoms with E-state index in [0.29, 0.717) is 11.3 Å². The molecule has 5 heteroatoms. The first-order valence-corrected chi connectivity index (χ1v) is 8.63. The molecule has 2 aromatic rings. The van der Waals surface area contributed by atoms with Crippen LogP contribution in [0.2, 0.25) is 0 Å². The summed E-state index contributed by atoms with van der Waals surface area (Å²) in [6, 6.07) is 10.6. The molecule has 0 atom stereocenters. The van der Waals surface area contributed by atoms with Crippen LogP contribution in [0.1, 0.15) is 54.9 Å². The summed E-state index contributed by atoms with van der Waals surface area (Å²) in [4.78, 5) is 15.3. The fourth-order valence-corrected chi connectivity index (χ4v) is 2.62. The number of nitriles is 1. The predicted octanol–water partition coefficient (Wildman–Crippen LogP) is 4.70. The lowest BCUT2D eigenvalue weighted by Gasteiger charge is -2.10. The molecule has 0 amide bonds. The molecular weight excluding hydrogens is 314 g/mol. The summed E-state index contributed by atoms with van der Waals surface area (Å²) in [7, 11) is 0. The number of carbonyl (C=O) groups is 1. The number of pyridine rings is 1. The van der Waals surface area contributed by atoms with Crippen LogP contribution in [0.15, 0.2) is 36.5 Å². The van der Waals surface area contributed by atoms with Gasteiger partial charge in [0.2, 0.25) is 0 Å². The molecule has 1 aromatic carbocycles. The number of nitrogens with zero attached hydrogens (tertiary/aromatic N) is 2. The number of unbranched alkanes of at least 4 members (excludes halogenated alkanes) is 4. The van der Waals surface area contributed by atoms with E-state index < -0.39 is 5.97 Å². The average Bonchev–Trinajstić information content (AvgIpc) is 2.64. The lowest BCUT2D eigenvalue weighted by Crippen LogP contribution is -2.03. The topological polar surface area (TPSA) is 86.0 Å². The van der Waals surface area contributed by atoms with Crippen molar-refractivity contribution in [3.63, 3.8) is 0 Å². The van der Waals surface area contributed by atoms with Gasteiger partial charge >= 0.3 is 5.97 Å². The molecule has 25 heavy (non-hydrogen) atoms. The number of carboxylic acids is 1. The molecule has 0 saturated carbocycles. The summed E-state index contributed by atoms with van der Waals surface area (Å²) in [6.07, 6.45) is 7.47. The number of aromatic carboxylic acids is 1. The van der Waals surface area contributed by atoms with Gasteiger partial charge in [-0.25, -0.2) is 4.79 Å². The Morgan fingerprint density at radius 3 is 2.72 bits per heavy atom. The van der Waals surface area contributed by atoms with Crippen LogP contribution in [-0.4, -0.2) is 22.6 Å². The molecule has 0 aliphatic heterocycles. The Labute approximate surface area is 148 Å². The van der Waals surface area contributed by atoms with Crippen molar-refractivity contribution in [2.24, 2.45) is 0 Å². The number of anilines is 1. The Bertz CT molecular complexity index is 766. The Morgan fingerprint density at radius 2 is 2.00 bits per heavy atom. The van der Waals surface area contributed by atoms with Gasteiger partial charge < -0.3 is 10.4 Å². The molecule has 0 aliphatic carbocycles. The number of benzene rings is 1. The van der Waals surface area contributed by atoms with Gasteiger partial charge in [-0.15, -0.1) is 0 Å². The second kappa shape index (κ2) is 9.43. The van der Waals surface area contributed by atoms with Crippen LogP contribution in [0.4, 0.5) is 5.69 Å². The Kier molecular flexibility index (Phi) is 6.97. The molecule has 0 bridgehead atoms. The Hall–Kier alpha value is -2.87. The van der Waals surface area contributed by atoms with E-state index in [2.05, 4.69) is 23.3 Å². The fourth-order valence-electron chi connectivity index (χ4n) is 2.62. The molecule has 0 aliphatic rings. The van der Waals surface area contributed by atoms with Gasteiger partial charge in [-0.05, 0) is 30.7 Å². The van der Waals surface area contributed by atoms with Crippen LogP contribution in [0.3, 0.4) is 0 Å². The standard InChI is InChI=1S/C20H23N3O2/c1-2-3-4-5-6-10-22-18-8-7-15(12-17(18)14-21)19-13-16(20(24)25)9-11-23-19/h7-9,11-13,22H,2-6,10H2,1H3,(H,24,25). The van der Waals surface area contributed by atoms with Gasteiger partial charge in [0.05, 0.1) is 22.5 Å². The summed E-state index contributed by atoms with van der Waals surface area (Å²) in [6.45, 7) is 3.03. The van der Waals surface area contributed by atoms with Crippen molar-refractivity contribution >= 4 is 11.7 Å². The summed E-state index contributed by atoms with van der Waals surface area (Å²) in [5, 5.41) is 21.8. The summed E-state index contributed by atoms with van der Waals surface area (Å²) < 4.78 is 0. The lowest BCUT2D eigenvalue weighted by atomic mass is 10.0.